The van der Waals surface area contributed by atoms with Crippen LogP contribution in [0.1, 0.15) is 18.5 Å². The second-order valence-corrected chi connectivity index (χ2v) is 9.72. The average molecular weight is 481 g/mol. The minimum Gasteiger partial charge on any atom is -0.467 e. The second kappa shape index (κ2) is 7.71. The van der Waals surface area contributed by atoms with Crippen LogP contribution in [0, 0.1) is 12.7 Å². The van der Waals surface area contributed by atoms with Gasteiger partial charge in [-0.05, 0) is 44.0 Å². The van der Waals surface area contributed by atoms with Gasteiger partial charge in [-0.1, -0.05) is 11.6 Å². The van der Waals surface area contributed by atoms with Gasteiger partial charge >= 0.3 is 6.01 Å². The summed E-state index contributed by atoms with van der Waals surface area (Å²) in [6, 6.07) is 8.37. The summed E-state index contributed by atoms with van der Waals surface area (Å²) in [4.78, 5) is 11.2. The van der Waals surface area contributed by atoms with Crippen molar-refractivity contribution in [3.05, 3.63) is 40.8 Å². The van der Waals surface area contributed by atoms with Crippen molar-refractivity contribution in [3.63, 3.8) is 0 Å². The number of anilines is 2. The molecule has 2 unspecified atom stereocenters. The van der Waals surface area contributed by atoms with Gasteiger partial charge in [0.15, 0.2) is 5.82 Å². The van der Waals surface area contributed by atoms with Gasteiger partial charge in [0, 0.05) is 71.0 Å². The number of methoxy groups -OCH3 is 1. The standard InChI is InChI=1S/C25H26ClFN6O/c1-12-20(16-8-13(28)4-7-19(16)32(12)2)21-18(26)9-17-23(22(21)27)30-25(34-3)31-24(17)33-10-14-5-6-15(11-33)29-14/h4,7-9,14-15,29H,5-6,10-11,28H2,1-3H3. The summed E-state index contributed by atoms with van der Waals surface area (Å²) in [6.07, 6.45) is 2.26. The van der Waals surface area contributed by atoms with Crippen LogP contribution < -0.4 is 20.7 Å². The van der Waals surface area contributed by atoms with E-state index in [9.17, 15) is 0 Å². The number of rotatable bonds is 3. The van der Waals surface area contributed by atoms with Gasteiger partial charge in [-0.2, -0.15) is 9.97 Å². The molecule has 6 rings (SSSR count). The Morgan fingerprint density at radius 3 is 2.56 bits per heavy atom. The van der Waals surface area contributed by atoms with Gasteiger partial charge in [0.2, 0.25) is 0 Å². The number of nitrogens with zero attached hydrogens (tertiary/aromatic N) is 4. The average Bonchev–Trinajstić information content (AvgIpc) is 3.28. The van der Waals surface area contributed by atoms with Crippen LogP contribution in [0.4, 0.5) is 15.9 Å². The van der Waals surface area contributed by atoms with E-state index in [4.69, 9.17) is 22.1 Å². The van der Waals surface area contributed by atoms with Gasteiger partial charge in [0.05, 0.1) is 12.1 Å². The molecule has 7 nitrogen and oxygen atoms in total. The predicted molar refractivity (Wildman–Crippen MR) is 134 cm³/mol. The smallest absolute Gasteiger partial charge is 0.318 e. The summed E-state index contributed by atoms with van der Waals surface area (Å²) >= 11 is 6.82. The number of benzene rings is 2. The number of ether oxygens (including phenoxy) is 1. The number of aryl methyl sites for hydroxylation is 1. The van der Waals surface area contributed by atoms with Gasteiger partial charge < -0.3 is 25.3 Å². The number of fused-ring (bicyclic) bond motifs is 4. The van der Waals surface area contributed by atoms with Gasteiger partial charge in [0.1, 0.15) is 11.3 Å². The Morgan fingerprint density at radius 2 is 1.85 bits per heavy atom. The number of piperazine rings is 1. The maximum atomic E-state index is 16.4. The molecule has 4 aromatic rings. The first kappa shape index (κ1) is 21.4. The normalized spacial score (nSPS) is 20.0. The van der Waals surface area contributed by atoms with Gasteiger partial charge in [0.25, 0.3) is 0 Å². The lowest BCUT2D eigenvalue weighted by Gasteiger charge is -2.34. The molecule has 2 aliphatic rings. The number of halogens is 2. The van der Waals surface area contributed by atoms with E-state index < -0.39 is 5.82 Å². The van der Waals surface area contributed by atoms with Crippen molar-refractivity contribution in [2.24, 2.45) is 7.05 Å². The Kier molecular flexibility index (Phi) is 4.86. The van der Waals surface area contributed by atoms with E-state index >= 15 is 4.39 Å². The third-order valence-electron chi connectivity index (χ3n) is 7.31. The zero-order valence-corrected chi connectivity index (χ0v) is 20.1. The van der Waals surface area contributed by atoms with Crippen LogP contribution >= 0.6 is 11.6 Å². The first-order valence-corrected chi connectivity index (χ1v) is 11.8. The van der Waals surface area contributed by atoms with Crippen LogP contribution in [0.3, 0.4) is 0 Å². The first-order chi connectivity index (χ1) is 16.4. The molecule has 2 bridgehead atoms. The van der Waals surface area contributed by atoms with E-state index in [1.54, 1.807) is 6.07 Å². The number of aromatic nitrogens is 3. The molecule has 0 saturated carbocycles. The van der Waals surface area contributed by atoms with Gasteiger partial charge in [-0.25, -0.2) is 4.39 Å². The summed E-state index contributed by atoms with van der Waals surface area (Å²) in [5.74, 6) is 0.173. The van der Waals surface area contributed by atoms with Crippen LogP contribution in [-0.2, 0) is 7.05 Å². The Morgan fingerprint density at radius 1 is 1.12 bits per heavy atom. The van der Waals surface area contributed by atoms with E-state index in [2.05, 4.69) is 20.2 Å². The lowest BCUT2D eigenvalue weighted by Crippen LogP contribution is -2.51. The van der Waals surface area contributed by atoms with Crippen LogP contribution in [0.2, 0.25) is 5.02 Å². The molecule has 2 aliphatic heterocycles. The lowest BCUT2D eigenvalue weighted by molar-refractivity contribution is 0.380. The van der Waals surface area contributed by atoms with Crippen molar-refractivity contribution >= 4 is 44.9 Å². The molecule has 0 spiro atoms. The lowest BCUT2D eigenvalue weighted by atomic mass is 9.99. The van der Waals surface area contributed by atoms with E-state index in [1.165, 1.54) is 7.11 Å². The molecule has 9 heteroatoms. The van der Waals surface area contributed by atoms with E-state index in [0.717, 1.165) is 42.5 Å². The molecule has 0 radical (unpaired) electrons. The van der Waals surface area contributed by atoms with Crippen molar-refractivity contribution in [2.45, 2.75) is 31.8 Å². The topological polar surface area (TPSA) is 81.2 Å². The highest BCUT2D eigenvalue weighted by atomic mass is 35.5. The highest BCUT2D eigenvalue weighted by Crippen LogP contribution is 2.44. The summed E-state index contributed by atoms with van der Waals surface area (Å²) in [7, 11) is 3.45. The molecule has 2 fully saturated rings. The molecular weight excluding hydrogens is 455 g/mol. The largest absolute Gasteiger partial charge is 0.467 e. The van der Waals surface area contributed by atoms with Crippen molar-refractivity contribution in [3.8, 4) is 17.1 Å². The highest BCUT2D eigenvalue weighted by Gasteiger charge is 2.34. The van der Waals surface area contributed by atoms with Crippen molar-refractivity contribution in [1.29, 1.82) is 0 Å². The molecule has 2 saturated heterocycles. The van der Waals surface area contributed by atoms with Crippen molar-refractivity contribution in [1.82, 2.24) is 19.9 Å². The number of nitrogens with one attached hydrogen (secondary N) is 1. The number of hydrogen-bond acceptors (Lipinski definition) is 6. The summed E-state index contributed by atoms with van der Waals surface area (Å²) in [6.45, 7) is 3.55. The second-order valence-electron chi connectivity index (χ2n) is 9.32. The van der Waals surface area contributed by atoms with Crippen LogP contribution in [0.15, 0.2) is 24.3 Å². The van der Waals surface area contributed by atoms with E-state index in [1.807, 2.05) is 36.7 Å². The molecule has 176 valence electrons. The summed E-state index contributed by atoms with van der Waals surface area (Å²) in [5.41, 5.74) is 9.76. The monoisotopic (exact) mass is 480 g/mol. The molecule has 0 amide bonds. The number of hydrogen-bond donors (Lipinski definition) is 2. The zero-order valence-electron chi connectivity index (χ0n) is 19.3. The van der Waals surface area contributed by atoms with E-state index in [-0.39, 0.29) is 11.5 Å². The molecule has 2 aromatic heterocycles. The number of nitrogen functional groups attached to an aromatic ring is 1. The van der Waals surface area contributed by atoms with Gasteiger partial charge in [-0.15, -0.1) is 0 Å². The summed E-state index contributed by atoms with van der Waals surface area (Å²) in [5, 5.41) is 5.37. The molecular formula is C25H26ClFN6O. The minimum absolute atomic E-state index is 0.138. The maximum absolute atomic E-state index is 16.4. The minimum atomic E-state index is -0.486. The predicted octanol–water partition coefficient (Wildman–Crippen LogP) is 4.42. The fourth-order valence-electron chi connectivity index (χ4n) is 5.60. The molecule has 2 atom stereocenters. The quantitative estimate of drug-likeness (QED) is 0.422. The zero-order chi connectivity index (χ0) is 23.7. The third-order valence-corrected chi connectivity index (χ3v) is 7.61. The van der Waals surface area contributed by atoms with Crippen molar-refractivity contribution < 1.29 is 9.13 Å². The molecule has 0 aliphatic carbocycles. The summed E-state index contributed by atoms with van der Waals surface area (Å²) < 4.78 is 23.8. The Balaban J connectivity index is 1.61. The van der Waals surface area contributed by atoms with Gasteiger partial charge in [-0.3, -0.25) is 0 Å². The number of nitrogens with two attached hydrogens (primary N) is 1. The van der Waals surface area contributed by atoms with Crippen LogP contribution in [0.25, 0.3) is 32.9 Å². The molecule has 3 N–H and O–H groups in total. The Bertz CT molecular complexity index is 1460. The fraction of sp³-hybridized carbons (Fsp3) is 0.360. The van der Waals surface area contributed by atoms with E-state index in [0.29, 0.717) is 45.1 Å². The fourth-order valence-corrected chi connectivity index (χ4v) is 5.88. The Hall–Kier alpha value is -3.10. The first-order valence-electron chi connectivity index (χ1n) is 11.4. The molecule has 4 heterocycles. The van der Waals surface area contributed by atoms with Crippen molar-refractivity contribution in [2.75, 3.05) is 30.8 Å². The highest BCUT2D eigenvalue weighted by molar-refractivity contribution is 6.35. The molecule has 34 heavy (non-hydrogen) atoms. The maximum Gasteiger partial charge on any atom is 0.318 e. The Labute approximate surface area is 201 Å². The third kappa shape index (κ3) is 3.12. The SMILES string of the molecule is COc1nc(N2CC3CCC(C2)N3)c2cc(Cl)c(-c3c(C)n(C)c4ccc(N)cc34)c(F)c2n1. The molecule has 2 aromatic carbocycles. The van der Waals surface area contributed by atoms with Crippen LogP contribution in [0.5, 0.6) is 6.01 Å². The van der Waals surface area contributed by atoms with Crippen LogP contribution in [-0.4, -0.2) is 46.8 Å².